The highest BCUT2D eigenvalue weighted by molar-refractivity contribution is 7.64. The SMILES string of the molecule is C.C.C.C.C=CCC(OC(C)=[OH+])(C(F)(F)F)C(F)(F)F.CC(=O)OC(CCCC(C)C)(C(F)(F)F)C(F)(F)F.CC(=O)OC(CCC[Si](Cl)(Cl)Cl)(C(F)(F)F)C(F)(F)F.CC(C)CCCC(O)(C(F)(F)F)C(F)(F)F.Cl[SiH](Cl)Cl.O.[OH-]. The van der Waals surface area contributed by atoms with Crippen LogP contribution in [0.2, 0.25) is 6.04 Å². The van der Waals surface area contributed by atoms with Gasteiger partial charge in [0.1, 0.15) is 0 Å². The number of ether oxygens (including phenoxy) is 3. The summed E-state index contributed by atoms with van der Waals surface area (Å²) in [5.41, 5.74) is -18.0. The molecule has 0 saturated heterocycles. The fourth-order valence-corrected chi connectivity index (χ4v) is 7.01. The summed E-state index contributed by atoms with van der Waals surface area (Å²) in [7, 11) is 0. The Morgan fingerprint density at radius 3 is 0.926 bits per heavy atom. The average Bonchev–Trinajstić information content (AvgIpc) is 3.09. The van der Waals surface area contributed by atoms with Crippen molar-refractivity contribution >= 4 is 97.1 Å². The first kappa shape index (κ1) is 104. The Morgan fingerprint density at radius 1 is 0.519 bits per heavy atom. The zero-order valence-corrected chi connectivity index (χ0v) is 47.0. The van der Waals surface area contributed by atoms with Gasteiger partial charge in [0.25, 0.3) is 5.60 Å². The summed E-state index contributed by atoms with van der Waals surface area (Å²) in [6, 6.07) is -3.80. The molecule has 0 saturated carbocycles. The first-order chi connectivity index (χ1) is 32.6. The van der Waals surface area contributed by atoms with Crippen molar-refractivity contribution in [2.75, 3.05) is 0 Å². The molecule has 0 radical (unpaired) electrons. The maximum absolute atomic E-state index is 12.8. The van der Waals surface area contributed by atoms with E-state index in [2.05, 4.69) is 20.8 Å². The number of carbonyl (C=O) groups is 2. The van der Waals surface area contributed by atoms with Crippen LogP contribution in [-0.2, 0) is 23.8 Å². The smallest absolute Gasteiger partial charge is 0.480 e. The molecular weight excluding hydrogens is 1350 g/mol. The standard InChI is InChI=1S/C11H16F6O2.C9H14F6O.C8H9Cl3F6O2Si.C8H8F6O2.4CH4.Cl3HSi.2H2O/c1-7(2)5-4-6-9(10(12,13)14,11(15,16)17)19-8(3)18;1-6(2)4-3-5-7(16,8(10,11)12)9(13,14)15;1-5(18)19-6(7(12,13)14,8(15,16)17)3-2-4-20(9,10)11;1-3-4-6(7(9,10)11,8(12,13)14)16-5(2)15;;;;;1-4(2)3;;/h7H,4-6H2,1-3H3;6,16H,3-5H2,1-2H3;2-4H2,1H3;3H,1,4H2,2H3;4*1H4;4H;2*1H2. The van der Waals surface area contributed by atoms with Gasteiger partial charge in [-0.15, -0.1) is 73.1 Å². The zero-order chi connectivity index (χ0) is 61.9. The molecule has 9 nitrogen and oxygen atoms in total. The molecule has 0 atom stereocenters. The summed E-state index contributed by atoms with van der Waals surface area (Å²) >= 11 is 31.0. The van der Waals surface area contributed by atoms with E-state index in [1.54, 1.807) is 27.7 Å². The third-order valence-corrected chi connectivity index (χ3v) is 11.3. The van der Waals surface area contributed by atoms with Gasteiger partial charge in [0.2, 0.25) is 0 Å². The topological polar surface area (TPSA) is 165 Å². The van der Waals surface area contributed by atoms with E-state index < -0.39 is 141 Å². The summed E-state index contributed by atoms with van der Waals surface area (Å²) in [6.07, 6.45) is -52.2. The monoisotopic (exact) mass is 1410 g/mol. The van der Waals surface area contributed by atoms with Crippen LogP contribution in [0, 0.1) is 11.8 Å². The Labute approximate surface area is 483 Å². The fraction of sp³-hybridized carbons (Fsp3) is 0.875. The van der Waals surface area contributed by atoms with Crippen LogP contribution < -0.4 is 0 Å². The van der Waals surface area contributed by atoms with E-state index in [0.717, 1.165) is 0 Å². The highest BCUT2D eigenvalue weighted by Gasteiger charge is 2.79. The molecule has 500 valence electrons. The molecule has 0 heterocycles. The molecule has 41 heteroatoms. The summed E-state index contributed by atoms with van der Waals surface area (Å²) in [5, 5.41) is 8.75. The quantitative estimate of drug-likeness (QED) is 0.0288. The molecule has 0 bridgehead atoms. The lowest BCUT2D eigenvalue weighted by atomic mass is 9.92. The van der Waals surface area contributed by atoms with Crippen molar-refractivity contribution in [3.8, 4) is 0 Å². The highest BCUT2D eigenvalue weighted by atomic mass is 35.8. The minimum atomic E-state index is -5.83. The minimum Gasteiger partial charge on any atom is -0.870 e. The van der Waals surface area contributed by atoms with Gasteiger partial charge >= 0.3 is 96.9 Å². The number of esters is 3. The number of aliphatic hydroxyl groups is 1. The second-order valence-electron chi connectivity index (χ2n) is 15.9. The summed E-state index contributed by atoms with van der Waals surface area (Å²) in [5.74, 6) is -4.79. The van der Waals surface area contributed by atoms with Crippen molar-refractivity contribution in [1.82, 2.24) is 0 Å². The van der Waals surface area contributed by atoms with Gasteiger partial charge in [-0.2, -0.15) is 105 Å². The molecule has 0 fully saturated rings. The van der Waals surface area contributed by atoms with Gasteiger partial charge < -0.3 is 30.3 Å². The van der Waals surface area contributed by atoms with Gasteiger partial charge in [0, 0.05) is 26.7 Å². The summed E-state index contributed by atoms with van der Waals surface area (Å²) < 4.78 is 311. The highest BCUT2D eigenvalue weighted by Crippen LogP contribution is 2.52. The summed E-state index contributed by atoms with van der Waals surface area (Å²) in [4.78, 5) is 29.7. The van der Waals surface area contributed by atoms with E-state index >= 15 is 0 Å². The first-order valence-electron chi connectivity index (χ1n) is 20.0. The molecule has 0 aromatic carbocycles. The number of alkyl halides is 24. The second kappa shape index (κ2) is 40.1. The van der Waals surface area contributed by atoms with Gasteiger partial charge in [-0.3, -0.25) is 14.3 Å². The Morgan fingerprint density at radius 2 is 0.753 bits per heavy atom. The molecule has 0 aromatic rings. The van der Waals surface area contributed by atoms with Crippen LogP contribution in [0.1, 0.15) is 136 Å². The van der Waals surface area contributed by atoms with Crippen molar-refractivity contribution in [2.45, 2.75) is 214 Å². The van der Waals surface area contributed by atoms with Crippen LogP contribution in [0.4, 0.5) is 105 Å². The molecule has 0 spiro atoms. The first-order valence-corrected chi connectivity index (χ1v) is 30.5. The molecule has 0 aliphatic heterocycles. The van der Waals surface area contributed by atoms with E-state index in [1.807, 2.05) is 0 Å². The zero-order valence-electron chi connectivity index (χ0n) is 40.3. The predicted octanol–water partition coefficient (Wildman–Crippen LogP) is 18.7. The van der Waals surface area contributed by atoms with E-state index in [9.17, 15) is 115 Å². The van der Waals surface area contributed by atoms with Gasteiger partial charge in [-0.25, -0.2) is 0 Å². The van der Waals surface area contributed by atoms with E-state index in [1.165, 1.54) is 0 Å². The van der Waals surface area contributed by atoms with Gasteiger partial charge in [-0.1, -0.05) is 76.3 Å². The number of hydrogen-bond donors (Lipinski definition) is 1. The van der Waals surface area contributed by atoms with Gasteiger partial charge in [0.15, 0.2) is 0 Å². The second-order valence-corrected chi connectivity index (χ2v) is 31.6. The maximum atomic E-state index is 12.8. The lowest BCUT2D eigenvalue weighted by Crippen LogP contribution is -2.59. The molecule has 5 N–H and O–H groups in total. The van der Waals surface area contributed by atoms with Crippen molar-refractivity contribution in [2.24, 2.45) is 11.8 Å². The van der Waals surface area contributed by atoms with Gasteiger partial charge in [-0.05, 0) is 43.6 Å². The van der Waals surface area contributed by atoms with Crippen molar-refractivity contribution < 1.29 is 150 Å². The number of carbonyl (C=O) groups excluding carboxylic acids is 3. The third kappa shape index (κ3) is 37.0. The maximum Gasteiger partial charge on any atom is 0.480 e. The molecule has 0 rings (SSSR count). The largest absolute Gasteiger partial charge is 0.870 e. The third-order valence-electron chi connectivity index (χ3n) is 8.69. The van der Waals surface area contributed by atoms with Crippen molar-refractivity contribution in [1.29, 1.82) is 0 Å². The normalized spacial score (nSPS) is 12.8. The summed E-state index contributed by atoms with van der Waals surface area (Å²) in [6.45, 7) is 9.35. The van der Waals surface area contributed by atoms with E-state index in [4.69, 9.17) is 76.4 Å². The van der Waals surface area contributed by atoms with Crippen LogP contribution in [0.15, 0.2) is 12.7 Å². The van der Waals surface area contributed by atoms with Crippen LogP contribution in [-0.4, -0.2) is 123 Å². The molecule has 0 amide bonds. The Hall–Kier alpha value is -1.48. The van der Waals surface area contributed by atoms with E-state index in [0.29, 0.717) is 26.8 Å². The lowest BCUT2D eigenvalue weighted by Gasteiger charge is -2.36. The number of halogens is 30. The van der Waals surface area contributed by atoms with Crippen LogP contribution in [0.5, 0.6) is 0 Å². The molecule has 0 unspecified atom stereocenters. The Balaban J connectivity index is -0.0000000857. The van der Waals surface area contributed by atoms with Crippen LogP contribution >= 0.6 is 66.5 Å². The van der Waals surface area contributed by atoms with Crippen molar-refractivity contribution in [3.05, 3.63) is 12.7 Å². The van der Waals surface area contributed by atoms with E-state index in [-0.39, 0.29) is 78.2 Å². The van der Waals surface area contributed by atoms with Crippen molar-refractivity contribution in [3.63, 3.8) is 0 Å². The molecular formula is C40H68Cl6F24O9Si2. The number of rotatable bonds is 17. The van der Waals surface area contributed by atoms with Crippen LogP contribution in [0.3, 0.4) is 0 Å². The minimum absolute atomic E-state index is 0. The molecule has 81 heavy (non-hydrogen) atoms. The molecule has 0 aliphatic rings. The average molecular weight is 1420 g/mol. The molecule has 0 aromatic heterocycles. The predicted molar refractivity (Wildman–Crippen MR) is 266 cm³/mol. The number of hydrogen-bond acceptors (Lipinski definition) is 7. The van der Waals surface area contributed by atoms with Crippen LogP contribution in [0.25, 0.3) is 0 Å². The lowest BCUT2D eigenvalue weighted by molar-refractivity contribution is -0.371. The fourth-order valence-electron chi connectivity index (χ4n) is 5.22. The van der Waals surface area contributed by atoms with Gasteiger partial charge in [0.05, 0.1) is 13.3 Å². The Kier molecular flexibility index (Phi) is 51.7. The molecule has 0 aliphatic carbocycles. The Bertz CT molecular complexity index is 1650.